The van der Waals surface area contributed by atoms with E-state index in [1.165, 1.54) is 6.08 Å². The molecule has 9 nitrogen and oxygen atoms in total. The molecule has 0 aliphatic carbocycles. The number of carbonyl (C=O) groups is 1. The molecule has 0 fully saturated rings. The van der Waals surface area contributed by atoms with Gasteiger partial charge in [0, 0.05) is 31.4 Å². The van der Waals surface area contributed by atoms with Crippen LogP contribution in [0.5, 0.6) is 11.5 Å². The number of methoxy groups -OCH3 is 2. The summed E-state index contributed by atoms with van der Waals surface area (Å²) >= 11 is 13.3. The zero-order chi connectivity index (χ0) is 26.0. The van der Waals surface area contributed by atoms with E-state index in [4.69, 9.17) is 37.7 Å². The van der Waals surface area contributed by atoms with Crippen LogP contribution in [-0.2, 0) is 11.3 Å². The Balaban J connectivity index is 1.65. The summed E-state index contributed by atoms with van der Waals surface area (Å²) in [7, 11) is 5.01. The standard InChI is InChI=1S/C25H26Cl2N6O3/c1-6-19(34)29-16-9-7-8-14(2)22(16)30-25-28-11-15-12-33(13-32(3)24(15)31-25)23-20(26)17(35-4)10-18(36-5)21(23)27/h6-11H,1,12-13H2,2-5H3,(H,29,34)(H,28,30,31). The van der Waals surface area contributed by atoms with E-state index in [1.54, 1.807) is 32.5 Å². The Bertz CT molecular complexity index is 1310. The van der Waals surface area contributed by atoms with E-state index < -0.39 is 0 Å². The van der Waals surface area contributed by atoms with Gasteiger partial charge in [0.15, 0.2) is 0 Å². The van der Waals surface area contributed by atoms with Crippen molar-refractivity contribution >= 4 is 57.9 Å². The molecule has 4 rings (SSSR count). The summed E-state index contributed by atoms with van der Waals surface area (Å²) in [5.74, 6) is 1.79. The SMILES string of the molecule is C=CC(=O)Nc1cccc(C)c1Nc1ncc2c(n1)N(C)CN(c1c(Cl)c(OC)cc(OC)c1Cl)C2. The number of nitrogens with zero attached hydrogens (tertiary/aromatic N) is 4. The molecule has 0 atom stereocenters. The number of aromatic nitrogens is 2. The van der Waals surface area contributed by atoms with Crippen molar-refractivity contribution < 1.29 is 14.3 Å². The minimum Gasteiger partial charge on any atom is -0.495 e. The van der Waals surface area contributed by atoms with E-state index >= 15 is 0 Å². The number of fused-ring (bicyclic) bond motifs is 1. The second kappa shape index (κ2) is 10.5. The number of hydrogen-bond acceptors (Lipinski definition) is 8. The molecule has 0 saturated carbocycles. The van der Waals surface area contributed by atoms with Gasteiger partial charge in [-0.25, -0.2) is 4.98 Å². The average Bonchev–Trinajstić information content (AvgIpc) is 2.86. The van der Waals surface area contributed by atoms with Crippen LogP contribution >= 0.6 is 23.2 Å². The quantitative estimate of drug-likeness (QED) is 0.394. The number of benzene rings is 2. The normalized spacial score (nSPS) is 12.6. The van der Waals surface area contributed by atoms with Crippen molar-refractivity contribution in [2.75, 3.05) is 48.4 Å². The van der Waals surface area contributed by atoms with Crippen molar-refractivity contribution in [3.63, 3.8) is 0 Å². The highest BCUT2D eigenvalue weighted by Gasteiger charge is 2.28. The molecule has 11 heteroatoms. The molecule has 0 spiro atoms. The minimum absolute atomic E-state index is 0.304. The molecule has 0 radical (unpaired) electrons. The molecule has 0 bridgehead atoms. The van der Waals surface area contributed by atoms with Gasteiger partial charge in [-0.3, -0.25) is 4.79 Å². The molecule has 2 aromatic carbocycles. The maximum Gasteiger partial charge on any atom is 0.247 e. The Morgan fingerprint density at radius 1 is 1.19 bits per heavy atom. The highest BCUT2D eigenvalue weighted by Crippen LogP contribution is 2.47. The van der Waals surface area contributed by atoms with Gasteiger partial charge >= 0.3 is 0 Å². The van der Waals surface area contributed by atoms with E-state index in [9.17, 15) is 4.79 Å². The second-order valence-corrected chi connectivity index (χ2v) is 8.91. The first kappa shape index (κ1) is 25.4. The van der Waals surface area contributed by atoms with Crippen molar-refractivity contribution in [3.05, 3.63) is 64.3 Å². The summed E-state index contributed by atoms with van der Waals surface area (Å²) in [6.07, 6.45) is 2.98. The van der Waals surface area contributed by atoms with Gasteiger partial charge < -0.3 is 29.9 Å². The van der Waals surface area contributed by atoms with Crippen LogP contribution in [0, 0.1) is 6.92 Å². The van der Waals surface area contributed by atoms with Crippen LogP contribution in [0.4, 0.5) is 28.8 Å². The van der Waals surface area contributed by atoms with Crippen molar-refractivity contribution in [1.82, 2.24) is 9.97 Å². The molecule has 3 aromatic rings. The van der Waals surface area contributed by atoms with E-state index in [0.29, 0.717) is 57.8 Å². The smallest absolute Gasteiger partial charge is 0.247 e. The fourth-order valence-corrected chi connectivity index (χ4v) is 4.75. The van der Waals surface area contributed by atoms with Crippen molar-refractivity contribution in [2.24, 2.45) is 0 Å². The van der Waals surface area contributed by atoms with E-state index in [0.717, 1.165) is 16.9 Å². The first-order chi connectivity index (χ1) is 17.3. The fourth-order valence-electron chi connectivity index (χ4n) is 4.01. The lowest BCUT2D eigenvalue weighted by Gasteiger charge is -2.37. The molecule has 188 valence electrons. The van der Waals surface area contributed by atoms with Gasteiger partial charge in [-0.15, -0.1) is 0 Å². The lowest BCUT2D eigenvalue weighted by molar-refractivity contribution is -0.111. The number of carbonyl (C=O) groups excluding carboxylic acids is 1. The number of nitrogens with one attached hydrogen (secondary N) is 2. The molecule has 2 N–H and O–H groups in total. The summed E-state index contributed by atoms with van der Waals surface area (Å²) in [6, 6.07) is 7.26. The molecular weight excluding hydrogens is 503 g/mol. The number of aryl methyl sites for hydroxylation is 1. The van der Waals surface area contributed by atoms with Crippen molar-refractivity contribution in [2.45, 2.75) is 13.5 Å². The van der Waals surface area contributed by atoms with E-state index in [2.05, 4.69) is 22.2 Å². The van der Waals surface area contributed by atoms with Gasteiger partial charge in [0.25, 0.3) is 0 Å². The van der Waals surface area contributed by atoms with Gasteiger partial charge in [-0.1, -0.05) is 41.9 Å². The summed E-state index contributed by atoms with van der Waals surface area (Å²) in [4.78, 5) is 25.1. The average molecular weight is 529 g/mol. The van der Waals surface area contributed by atoms with E-state index in [1.807, 2.05) is 35.9 Å². The van der Waals surface area contributed by atoms with Gasteiger partial charge in [-0.2, -0.15) is 4.98 Å². The zero-order valence-corrected chi connectivity index (χ0v) is 21.9. The minimum atomic E-state index is -0.304. The molecule has 36 heavy (non-hydrogen) atoms. The van der Waals surface area contributed by atoms with E-state index in [-0.39, 0.29) is 5.91 Å². The predicted octanol–water partition coefficient (Wildman–Crippen LogP) is 5.39. The number of para-hydroxylation sites is 1. The van der Waals surface area contributed by atoms with Gasteiger partial charge in [0.2, 0.25) is 11.9 Å². The topological polar surface area (TPSA) is 91.8 Å². The number of amides is 1. The highest BCUT2D eigenvalue weighted by molar-refractivity contribution is 6.41. The van der Waals surface area contributed by atoms with Crippen LogP contribution in [0.1, 0.15) is 11.1 Å². The number of ether oxygens (including phenoxy) is 2. The predicted molar refractivity (Wildman–Crippen MR) is 144 cm³/mol. The summed E-state index contributed by atoms with van der Waals surface area (Å²) < 4.78 is 10.8. The Kier molecular flexibility index (Phi) is 7.42. The van der Waals surface area contributed by atoms with Crippen LogP contribution in [0.25, 0.3) is 0 Å². The Morgan fingerprint density at radius 3 is 2.53 bits per heavy atom. The van der Waals surface area contributed by atoms with Crippen molar-refractivity contribution in [1.29, 1.82) is 0 Å². The van der Waals surface area contributed by atoms with Gasteiger partial charge in [0.05, 0.1) is 38.0 Å². The van der Waals surface area contributed by atoms with Crippen LogP contribution in [-0.4, -0.2) is 43.8 Å². The third-order valence-electron chi connectivity index (χ3n) is 5.77. The third-order valence-corrected chi connectivity index (χ3v) is 6.50. The number of rotatable bonds is 7. The third kappa shape index (κ3) is 4.84. The van der Waals surface area contributed by atoms with Crippen LogP contribution in [0.3, 0.4) is 0 Å². The van der Waals surface area contributed by atoms with Crippen molar-refractivity contribution in [3.8, 4) is 11.5 Å². The first-order valence-corrected chi connectivity index (χ1v) is 11.7. The molecule has 0 unspecified atom stereocenters. The lowest BCUT2D eigenvalue weighted by atomic mass is 10.1. The van der Waals surface area contributed by atoms with Gasteiger partial charge in [-0.05, 0) is 24.6 Å². The molecule has 2 heterocycles. The Labute approximate surface area is 219 Å². The lowest BCUT2D eigenvalue weighted by Crippen LogP contribution is -2.41. The molecule has 1 amide bonds. The van der Waals surface area contributed by atoms with Crippen LogP contribution in [0.15, 0.2) is 43.1 Å². The Hall–Kier alpha value is -3.69. The fraction of sp³-hybridized carbons (Fsp3) is 0.240. The zero-order valence-electron chi connectivity index (χ0n) is 20.4. The molecule has 1 aliphatic rings. The number of anilines is 5. The van der Waals surface area contributed by atoms with Gasteiger partial charge in [0.1, 0.15) is 27.4 Å². The van der Waals surface area contributed by atoms with Crippen LogP contribution < -0.4 is 29.9 Å². The largest absolute Gasteiger partial charge is 0.495 e. The maximum absolute atomic E-state index is 11.9. The molecule has 0 saturated heterocycles. The second-order valence-electron chi connectivity index (χ2n) is 8.15. The Morgan fingerprint density at radius 2 is 1.89 bits per heavy atom. The summed E-state index contributed by atoms with van der Waals surface area (Å²) in [5, 5.41) is 6.85. The highest BCUT2D eigenvalue weighted by atomic mass is 35.5. The number of hydrogen-bond donors (Lipinski definition) is 2. The molecule has 1 aromatic heterocycles. The number of halogens is 2. The monoisotopic (exact) mass is 528 g/mol. The molecule has 1 aliphatic heterocycles. The van der Waals surface area contributed by atoms with Crippen LogP contribution in [0.2, 0.25) is 10.0 Å². The first-order valence-electron chi connectivity index (χ1n) is 11.0. The maximum atomic E-state index is 11.9. The summed E-state index contributed by atoms with van der Waals surface area (Å²) in [6.45, 7) is 6.38. The summed E-state index contributed by atoms with van der Waals surface area (Å²) in [5.41, 5.74) is 3.73. The molecular formula is C25H26Cl2N6O3.